The van der Waals surface area contributed by atoms with Crippen LogP contribution in [0.1, 0.15) is 39.5 Å². The van der Waals surface area contributed by atoms with Crippen LogP contribution in [0.25, 0.3) is 0 Å². The number of halogens is 3. The van der Waals surface area contributed by atoms with Gasteiger partial charge in [0.05, 0.1) is 10.8 Å². The molecule has 0 aliphatic carbocycles. The fourth-order valence-corrected chi connectivity index (χ4v) is 2.14. The van der Waals surface area contributed by atoms with Crippen molar-refractivity contribution in [2.75, 3.05) is 5.88 Å². The van der Waals surface area contributed by atoms with Crippen LogP contribution in [0.5, 0.6) is 0 Å². The Balaban J connectivity index is 3.83. The van der Waals surface area contributed by atoms with E-state index in [0.29, 0.717) is 5.88 Å². The molecule has 0 aliphatic heterocycles. The maximum Gasteiger partial charge on any atom is 0.178 e. The van der Waals surface area contributed by atoms with E-state index in [1.54, 1.807) is 0 Å². The van der Waals surface area contributed by atoms with Crippen LogP contribution in [0.3, 0.4) is 0 Å². The average Bonchev–Trinajstić information content (AvgIpc) is 2.23. The fourth-order valence-electron chi connectivity index (χ4n) is 1.29. The second-order valence-corrected chi connectivity index (χ2v) is 5.73. The van der Waals surface area contributed by atoms with Gasteiger partial charge in [0.1, 0.15) is 0 Å². The van der Waals surface area contributed by atoms with E-state index in [1.807, 2.05) is 13.8 Å². The number of hydrogen-bond acceptors (Lipinski definition) is 1. The highest BCUT2D eigenvalue weighted by molar-refractivity contribution is 6.30. The molecular weight excluding hydrogens is 251 g/mol. The van der Waals surface area contributed by atoms with E-state index in [9.17, 15) is 0 Å². The summed E-state index contributed by atoms with van der Waals surface area (Å²) in [5.74, 6) is 0.715. The highest BCUT2D eigenvalue weighted by atomic mass is 35.5. The van der Waals surface area contributed by atoms with Crippen molar-refractivity contribution in [1.82, 2.24) is 5.23 Å². The fraction of sp³-hybridized carbons (Fsp3) is 1.00. The molecule has 2 atom stereocenters. The summed E-state index contributed by atoms with van der Waals surface area (Å²) in [7, 11) is 5.41. The molecule has 0 spiro atoms. The number of hydrogen-bond donors (Lipinski definition) is 1. The summed E-state index contributed by atoms with van der Waals surface area (Å²) in [5, 5.41) is 2.44. The topological polar surface area (TPSA) is 12.0 Å². The molecule has 0 bridgehead atoms. The summed E-state index contributed by atoms with van der Waals surface area (Å²) in [4.78, 5) is 0. The van der Waals surface area contributed by atoms with E-state index in [4.69, 9.17) is 42.8 Å². The first-order valence-corrected chi connectivity index (χ1v) is 6.68. The van der Waals surface area contributed by atoms with Crippen molar-refractivity contribution < 1.29 is 0 Å². The molecule has 0 saturated heterocycles. The van der Waals surface area contributed by atoms with Crippen LogP contribution < -0.4 is 5.23 Å². The standard InChI is InChI=1S/C10H19BCl3N/c1-10(2,15-11)9(14)8(13)6-4-3-5-7-12/h8-9,15H,3-7H2,1-2H3. The molecule has 15 heavy (non-hydrogen) atoms. The maximum absolute atomic E-state index is 6.24. The Bertz CT molecular complexity index is 167. The Morgan fingerprint density at radius 1 is 1.20 bits per heavy atom. The van der Waals surface area contributed by atoms with Gasteiger partial charge in [0.25, 0.3) is 0 Å². The van der Waals surface area contributed by atoms with Crippen molar-refractivity contribution in [1.29, 1.82) is 0 Å². The molecule has 0 aromatic heterocycles. The Morgan fingerprint density at radius 2 is 1.80 bits per heavy atom. The second-order valence-electron chi connectivity index (χ2n) is 4.32. The van der Waals surface area contributed by atoms with Crippen molar-refractivity contribution in [3.63, 3.8) is 0 Å². The van der Waals surface area contributed by atoms with Gasteiger partial charge in [0, 0.05) is 11.4 Å². The summed E-state index contributed by atoms with van der Waals surface area (Å²) in [5.41, 5.74) is -0.347. The van der Waals surface area contributed by atoms with Gasteiger partial charge >= 0.3 is 0 Å². The van der Waals surface area contributed by atoms with E-state index in [-0.39, 0.29) is 16.3 Å². The van der Waals surface area contributed by atoms with Gasteiger partial charge in [-0.25, -0.2) is 0 Å². The molecule has 0 saturated carbocycles. The van der Waals surface area contributed by atoms with Crippen LogP contribution in [-0.4, -0.2) is 30.2 Å². The summed E-state index contributed by atoms with van der Waals surface area (Å²) in [6, 6.07) is 0. The summed E-state index contributed by atoms with van der Waals surface area (Å²) in [6.45, 7) is 3.89. The molecule has 0 aromatic carbocycles. The first kappa shape index (κ1) is 15.9. The Labute approximate surface area is 110 Å². The molecule has 0 amide bonds. The molecule has 88 valence electrons. The molecule has 1 N–H and O–H groups in total. The summed E-state index contributed by atoms with van der Waals surface area (Å²) in [6.07, 6.45) is 4.10. The van der Waals surface area contributed by atoms with Crippen LogP contribution in [0.15, 0.2) is 0 Å². The van der Waals surface area contributed by atoms with Crippen molar-refractivity contribution in [2.24, 2.45) is 0 Å². The molecule has 0 aromatic rings. The molecule has 5 heteroatoms. The highest BCUT2D eigenvalue weighted by Crippen LogP contribution is 2.26. The van der Waals surface area contributed by atoms with Crippen LogP contribution in [0.4, 0.5) is 0 Å². The third kappa shape index (κ3) is 6.26. The third-order valence-electron chi connectivity index (χ3n) is 2.49. The van der Waals surface area contributed by atoms with Crippen LogP contribution >= 0.6 is 34.8 Å². The predicted molar refractivity (Wildman–Crippen MR) is 71.4 cm³/mol. The molecule has 0 heterocycles. The Morgan fingerprint density at radius 3 is 2.27 bits per heavy atom. The largest absolute Gasteiger partial charge is 0.360 e. The molecule has 0 aliphatic rings. The SMILES string of the molecule is [B]NC(C)(C)C(Cl)C(Cl)CCCCCCl. The monoisotopic (exact) mass is 269 g/mol. The Hall–Kier alpha value is 0.895. The maximum atomic E-state index is 6.24. The van der Waals surface area contributed by atoms with Gasteiger partial charge in [-0.1, -0.05) is 12.8 Å². The molecule has 2 radical (unpaired) electrons. The lowest BCUT2D eigenvalue weighted by Gasteiger charge is -2.33. The van der Waals surface area contributed by atoms with Crippen molar-refractivity contribution in [3.05, 3.63) is 0 Å². The number of unbranched alkanes of at least 4 members (excludes halogenated alkanes) is 2. The summed E-state index contributed by atoms with van der Waals surface area (Å²) < 4.78 is 0. The van der Waals surface area contributed by atoms with Gasteiger partial charge in [-0.2, -0.15) is 0 Å². The molecular formula is C10H19BCl3N. The normalized spacial score (nSPS) is 16.3. The van der Waals surface area contributed by atoms with Crippen molar-refractivity contribution in [3.8, 4) is 0 Å². The highest BCUT2D eigenvalue weighted by Gasteiger charge is 2.30. The van der Waals surface area contributed by atoms with Gasteiger partial charge in [-0.3, -0.25) is 0 Å². The lowest BCUT2D eigenvalue weighted by atomic mass is 9.93. The smallest absolute Gasteiger partial charge is 0.178 e. The quantitative estimate of drug-likeness (QED) is 0.405. The number of alkyl halides is 3. The van der Waals surface area contributed by atoms with Gasteiger partial charge in [-0.15, -0.1) is 34.8 Å². The van der Waals surface area contributed by atoms with Crippen LogP contribution in [-0.2, 0) is 0 Å². The van der Waals surface area contributed by atoms with Crippen molar-refractivity contribution >= 4 is 42.8 Å². The van der Waals surface area contributed by atoms with E-state index in [2.05, 4.69) is 5.23 Å². The van der Waals surface area contributed by atoms with E-state index < -0.39 is 0 Å². The molecule has 2 unspecified atom stereocenters. The summed E-state index contributed by atoms with van der Waals surface area (Å²) >= 11 is 18.0. The predicted octanol–water partition coefficient (Wildman–Crippen LogP) is 3.45. The molecule has 1 nitrogen and oxygen atoms in total. The lowest BCUT2D eigenvalue weighted by Crippen LogP contribution is -2.49. The zero-order chi connectivity index (χ0) is 11.9. The van der Waals surface area contributed by atoms with Crippen LogP contribution in [0.2, 0.25) is 0 Å². The zero-order valence-corrected chi connectivity index (χ0v) is 11.7. The number of nitrogens with one attached hydrogen (secondary N) is 1. The Kier molecular flexibility index (Phi) is 8.54. The number of rotatable bonds is 8. The van der Waals surface area contributed by atoms with Crippen LogP contribution in [0, 0.1) is 0 Å². The zero-order valence-electron chi connectivity index (χ0n) is 9.40. The van der Waals surface area contributed by atoms with Crippen molar-refractivity contribution in [2.45, 2.75) is 55.8 Å². The first-order chi connectivity index (χ1) is 6.95. The van der Waals surface area contributed by atoms with E-state index in [1.165, 1.54) is 0 Å². The van der Waals surface area contributed by atoms with Gasteiger partial charge < -0.3 is 5.23 Å². The van der Waals surface area contributed by atoms with E-state index in [0.717, 1.165) is 25.7 Å². The average molecular weight is 270 g/mol. The first-order valence-electron chi connectivity index (χ1n) is 5.27. The molecule has 0 fully saturated rings. The van der Waals surface area contributed by atoms with Gasteiger partial charge in [0.15, 0.2) is 7.98 Å². The minimum absolute atomic E-state index is 0.0620. The lowest BCUT2D eigenvalue weighted by molar-refractivity contribution is 0.423. The minimum Gasteiger partial charge on any atom is -0.360 e. The van der Waals surface area contributed by atoms with Gasteiger partial charge in [0.2, 0.25) is 0 Å². The molecule has 0 rings (SSSR count). The third-order valence-corrected chi connectivity index (χ3v) is 4.21. The minimum atomic E-state index is -0.347. The van der Waals surface area contributed by atoms with E-state index >= 15 is 0 Å². The van der Waals surface area contributed by atoms with Gasteiger partial charge in [-0.05, 0) is 26.7 Å². The second kappa shape index (κ2) is 8.05.